The van der Waals surface area contributed by atoms with Crippen molar-refractivity contribution in [3.63, 3.8) is 0 Å². The third-order valence-corrected chi connectivity index (χ3v) is 6.63. The largest absolute Gasteiger partial charge is 0.488 e. The lowest BCUT2D eigenvalue weighted by atomic mass is 10.3. The van der Waals surface area contributed by atoms with Crippen LogP contribution in [-0.2, 0) is 19.0 Å². The zero-order valence-electron chi connectivity index (χ0n) is 19.2. The summed E-state index contributed by atoms with van der Waals surface area (Å²) in [6.45, 7) is 3.73. The molecule has 0 spiro atoms. The fraction of sp³-hybridized carbons (Fsp3) is 0.364. The van der Waals surface area contributed by atoms with Gasteiger partial charge in [0.05, 0.1) is 19.3 Å². The highest BCUT2D eigenvalue weighted by molar-refractivity contribution is 7.55. The number of rotatable bonds is 11. The van der Waals surface area contributed by atoms with Gasteiger partial charge in [-0.15, -0.1) is 0 Å². The van der Waals surface area contributed by atoms with Crippen LogP contribution in [0, 0.1) is 0 Å². The molecule has 0 saturated carbocycles. The quantitative estimate of drug-likeness (QED) is 0.296. The number of esters is 1. The molecule has 4 rings (SSSR count). The number of benzene rings is 1. The van der Waals surface area contributed by atoms with Crippen LogP contribution in [0.25, 0.3) is 11.2 Å². The first-order valence-corrected chi connectivity index (χ1v) is 12.6. The molecule has 35 heavy (non-hydrogen) atoms. The van der Waals surface area contributed by atoms with Gasteiger partial charge in [-0.3, -0.25) is 14.4 Å². The number of hydrogen-bond donors (Lipinski definition) is 2. The molecule has 0 fully saturated rings. The molecule has 3 N–H and O–H groups in total. The van der Waals surface area contributed by atoms with Crippen molar-refractivity contribution in [1.82, 2.24) is 24.6 Å². The summed E-state index contributed by atoms with van der Waals surface area (Å²) < 4.78 is 38.7. The molecule has 1 aliphatic heterocycles. The molecule has 3 aromatic rings. The number of carbonyl (C=O) groups is 1. The topological polar surface area (TPSA) is 136 Å². The normalized spacial score (nSPS) is 19.3. The summed E-state index contributed by atoms with van der Waals surface area (Å²) in [6, 6.07) is 8.70. The number of ether oxygens (including phenoxy) is 4. The van der Waals surface area contributed by atoms with Gasteiger partial charge in [-0.25, -0.2) is 19.3 Å². The van der Waals surface area contributed by atoms with Crippen molar-refractivity contribution in [3.8, 4) is 5.75 Å². The molecule has 4 atom stereocenters. The predicted molar refractivity (Wildman–Crippen MR) is 127 cm³/mol. The third-order valence-electron chi connectivity index (χ3n) is 4.98. The molecule has 1 aromatic carbocycles. The SMILES string of the molecule is CCOC(=O)[C@H](C)N[P@@](COc1ccccc1)CO[C@@H]1C=C(F)[C@H](n2cnc3c(N)ncnc32)O1. The second-order valence-corrected chi connectivity index (χ2v) is 9.37. The van der Waals surface area contributed by atoms with Gasteiger partial charge in [0, 0.05) is 14.1 Å². The summed E-state index contributed by atoms with van der Waals surface area (Å²) in [5.41, 5.74) is 6.51. The minimum absolute atomic E-state index is 0.132. The Kier molecular flexibility index (Phi) is 8.19. The first-order chi connectivity index (χ1) is 17.0. The number of nitrogens with two attached hydrogens (primary N) is 1. The highest BCUT2D eigenvalue weighted by atomic mass is 31.1. The van der Waals surface area contributed by atoms with Crippen LogP contribution >= 0.6 is 8.07 Å². The van der Waals surface area contributed by atoms with E-state index in [-0.39, 0.29) is 31.1 Å². The summed E-state index contributed by atoms with van der Waals surface area (Å²) in [5, 5.41) is 3.20. The maximum absolute atomic E-state index is 14.8. The lowest BCUT2D eigenvalue weighted by molar-refractivity contribution is -0.144. The van der Waals surface area contributed by atoms with Crippen molar-refractivity contribution in [2.24, 2.45) is 0 Å². The van der Waals surface area contributed by atoms with Gasteiger partial charge in [-0.05, 0) is 26.0 Å². The van der Waals surface area contributed by atoms with Crippen molar-refractivity contribution in [2.75, 3.05) is 25.0 Å². The van der Waals surface area contributed by atoms with Gasteiger partial charge in [0.2, 0.25) is 0 Å². The van der Waals surface area contributed by atoms with Gasteiger partial charge in [0.15, 0.2) is 29.8 Å². The molecular formula is C22H26FN6O5P. The van der Waals surface area contributed by atoms with Crippen molar-refractivity contribution < 1.29 is 28.1 Å². The molecule has 0 aliphatic carbocycles. The summed E-state index contributed by atoms with van der Waals surface area (Å²) in [5.74, 6) is -0.0583. The van der Waals surface area contributed by atoms with Gasteiger partial charge in [-0.2, -0.15) is 0 Å². The third kappa shape index (κ3) is 6.09. The minimum Gasteiger partial charge on any atom is -0.488 e. The van der Waals surface area contributed by atoms with Gasteiger partial charge in [0.1, 0.15) is 30.0 Å². The molecule has 2 aromatic heterocycles. The highest BCUT2D eigenvalue weighted by Gasteiger charge is 2.32. The fourth-order valence-corrected chi connectivity index (χ4v) is 4.82. The summed E-state index contributed by atoms with van der Waals surface area (Å²) in [4.78, 5) is 24.2. The number of nitrogens with zero attached hydrogens (tertiary/aromatic N) is 4. The number of para-hydroxylation sites is 1. The number of fused-ring (bicyclic) bond motifs is 1. The number of nitrogens with one attached hydrogen (secondary N) is 1. The molecule has 0 unspecified atom stereocenters. The van der Waals surface area contributed by atoms with E-state index >= 15 is 0 Å². The van der Waals surface area contributed by atoms with Crippen LogP contribution < -0.4 is 15.6 Å². The maximum atomic E-state index is 14.8. The van der Waals surface area contributed by atoms with Gasteiger partial charge < -0.3 is 24.7 Å². The number of anilines is 1. The Balaban J connectivity index is 1.39. The van der Waals surface area contributed by atoms with Crippen molar-refractivity contribution in [1.29, 1.82) is 0 Å². The number of halogens is 1. The van der Waals surface area contributed by atoms with Crippen molar-refractivity contribution in [3.05, 3.63) is 54.9 Å². The van der Waals surface area contributed by atoms with E-state index in [9.17, 15) is 9.18 Å². The number of carbonyl (C=O) groups excluding carboxylic acids is 1. The average molecular weight is 504 g/mol. The van der Waals surface area contributed by atoms with Crippen LogP contribution in [0.5, 0.6) is 5.75 Å². The Morgan fingerprint density at radius 2 is 2.09 bits per heavy atom. The molecule has 0 bridgehead atoms. The number of aromatic nitrogens is 4. The Morgan fingerprint density at radius 3 is 2.86 bits per heavy atom. The van der Waals surface area contributed by atoms with Crippen LogP contribution in [0.4, 0.5) is 10.2 Å². The highest BCUT2D eigenvalue weighted by Crippen LogP contribution is 2.37. The van der Waals surface area contributed by atoms with E-state index in [1.807, 2.05) is 30.3 Å². The molecule has 0 radical (unpaired) electrons. The lowest BCUT2D eigenvalue weighted by Gasteiger charge is -2.24. The van der Waals surface area contributed by atoms with E-state index in [1.165, 1.54) is 23.3 Å². The van der Waals surface area contributed by atoms with Crippen LogP contribution in [0.3, 0.4) is 0 Å². The zero-order valence-corrected chi connectivity index (χ0v) is 20.1. The second-order valence-electron chi connectivity index (χ2n) is 7.52. The molecule has 1 aliphatic rings. The summed E-state index contributed by atoms with van der Waals surface area (Å²) in [7, 11) is -1.17. The number of hydrogen-bond acceptors (Lipinski definition) is 10. The lowest BCUT2D eigenvalue weighted by Crippen LogP contribution is -2.34. The smallest absolute Gasteiger partial charge is 0.323 e. The molecule has 13 heteroatoms. The van der Waals surface area contributed by atoms with Gasteiger partial charge >= 0.3 is 5.97 Å². The average Bonchev–Trinajstić information content (AvgIpc) is 3.45. The molecule has 11 nitrogen and oxygen atoms in total. The van der Waals surface area contributed by atoms with Crippen LogP contribution in [0.2, 0.25) is 0 Å². The Labute approximate surface area is 202 Å². The zero-order chi connectivity index (χ0) is 24.8. The molecule has 0 saturated heterocycles. The van der Waals surface area contributed by atoms with Crippen molar-refractivity contribution >= 4 is 31.0 Å². The molecule has 0 amide bonds. The van der Waals surface area contributed by atoms with E-state index in [4.69, 9.17) is 24.7 Å². The van der Waals surface area contributed by atoms with Crippen molar-refractivity contribution in [2.45, 2.75) is 32.4 Å². The van der Waals surface area contributed by atoms with Gasteiger partial charge in [-0.1, -0.05) is 18.2 Å². The molecule has 186 valence electrons. The Hall–Kier alpha value is -3.18. The summed E-state index contributed by atoms with van der Waals surface area (Å²) >= 11 is 0. The van der Waals surface area contributed by atoms with E-state index in [1.54, 1.807) is 13.8 Å². The van der Waals surface area contributed by atoms with E-state index < -0.39 is 32.5 Å². The number of imidazole rings is 1. The van der Waals surface area contributed by atoms with E-state index in [2.05, 4.69) is 20.0 Å². The first-order valence-electron chi connectivity index (χ1n) is 10.9. The summed E-state index contributed by atoms with van der Waals surface area (Å²) in [6.07, 6.45) is 2.23. The van der Waals surface area contributed by atoms with Crippen LogP contribution in [0.1, 0.15) is 20.1 Å². The second kappa shape index (κ2) is 11.5. The van der Waals surface area contributed by atoms with E-state index in [0.29, 0.717) is 16.9 Å². The maximum Gasteiger partial charge on any atom is 0.323 e. The monoisotopic (exact) mass is 504 g/mol. The van der Waals surface area contributed by atoms with Gasteiger partial charge in [0.25, 0.3) is 0 Å². The standard InChI is InChI=1S/C22H26FN6O5P/c1-3-31-22(30)14(2)28-35(12-32-15-7-5-4-6-8-15)13-33-17-9-16(23)21(34-17)29-11-27-18-19(24)25-10-26-20(18)29/h4-11,14,17,21,28H,3,12-13H2,1-2H3,(H2,24,25,26)/t14-,17-,21+,35-/m0/s1. The van der Waals surface area contributed by atoms with E-state index in [0.717, 1.165) is 0 Å². The fourth-order valence-electron chi connectivity index (χ4n) is 3.31. The number of nitrogen functional groups attached to an aromatic ring is 1. The Morgan fingerprint density at radius 1 is 1.29 bits per heavy atom. The molecule has 3 heterocycles. The first kappa shape index (κ1) is 24.9. The Bertz CT molecular complexity index is 1180. The molecular weight excluding hydrogens is 478 g/mol. The minimum atomic E-state index is -1.17. The predicted octanol–water partition coefficient (Wildman–Crippen LogP) is 3.07. The van der Waals surface area contributed by atoms with Crippen LogP contribution in [-0.4, -0.2) is 57.1 Å². The van der Waals surface area contributed by atoms with Crippen LogP contribution in [0.15, 0.2) is 54.9 Å².